The molecule has 0 spiro atoms. The zero-order valence-corrected chi connectivity index (χ0v) is 7.58. The number of piperazine rings is 1. The van der Waals surface area contributed by atoms with Crippen LogP contribution in [0.5, 0.6) is 0 Å². The van der Waals surface area contributed by atoms with Gasteiger partial charge in [0.2, 0.25) is 5.91 Å². The van der Waals surface area contributed by atoms with Crippen molar-refractivity contribution in [2.45, 2.75) is 19.9 Å². The van der Waals surface area contributed by atoms with Gasteiger partial charge in [0.05, 0.1) is 0 Å². The van der Waals surface area contributed by atoms with E-state index in [0.29, 0.717) is 6.54 Å². The number of hydrogen-bond donors (Lipinski definition) is 0. The molecule has 1 amide bonds. The van der Waals surface area contributed by atoms with Crippen LogP contribution in [0.1, 0.15) is 13.8 Å². The summed E-state index contributed by atoms with van der Waals surface area (Å²) in [7, 11) is 0. The lowest BCUT2D eigenvalue weighted by Gasteiger charge is -2.34. The molecule has 0 aromatic carbocycles. The third-order valence-electron chi connectivity index (χ3n) is 2.06. The van der Waals surface area contributed by atoms with E-state index in [1.165, 1.54) is 0 Å². The van der Waals surface area contributed by atoms with Gasteiger partial charge in [-0.25, -0.2) is 0 Å². The van der Waals surface area contributed by atoms with E-state index in [9.17, 15) is 4.79 Å². The van der Waals surface area contributed by atoms with Crippen molar-refractivity contribution < 1.29 is 4.79 Å². The Hall–Kier alpha value is -1.17. The molecule has 0 aliphatic carbocycles. The van der Waals surface area contributed by atoms with E-state index >= 15 is 0 Å². The van der Waals surface area contributed by atoms with E-state index in [1.807, 2.05) is 18.7 Å². The van der Waals surface area contributed by atoms with E-state index in [2.05, 4.69) is 6.04 Å². The first-order valence-corrected chi connectivity index (χ1v) is 4.16. The van der Waals surface area contributed by atoms with Crippen molar-refractivity contribution in [3.63, 3.8) is 0 Å². The van der Waals surface area contributed by atoms with Crippen LogP contribution < -0.4 is 0 Å². The van der Waals surface area contributed by atoms with Gasteiger partial charge in [0.1, 0.15) is 6.54 Å². The molecule has 0 saturated carbocycles. The summed E-state index contributed by atoms with van der Waals surface area (Å²) in [5.74, 6) is 0.134. The number of hydrogen-bond acceptors (Lipinski definition) is 2. The van der Waals surface area contributed by atoms with E-state index in [0.717, 1.165) is 13.1 Å². The molecule has 0 unspecified atom stereocenters. The van der Waals surface area contributed by atoms with Crippen molar-refractivity contribution in [3.8, 4) is 12.5 Å². The molecule has 3 heteroatoms. The molecule has 1 rings (SSSR count). The van der Waals surface area contributed by atoms with Gasteiger partial charge in [-0.3, -0.25) is 4.79 Å². The van der Waals surface area contributed by atoms with Crippen LogP contribution in [0.15, 0.2) is 0 Å². The summed E-state index contributed by atoms with van der Waals surface area (Å²) in [6.45, 7) is 5.95. The van der Waals surface area contributed by atoms with Gasteiger partial charge in [0, 0.05) is 25.2 Å². The van der Waals surface area contributed by atoms with Crippen LogP contribution in [-0.4, -0.2) is 41.4 Å². The van der Waals surface area contributed by atoms with Gasteiger partial charge < -0.3 is 9.80 Å². The Bertz CT molecular complexity index is 217. The molecule has 1 aliphatic heterocycles. The van der Waals surface area contributed by atoms with Crippen molar-refractivity contribution in [2.75, 3.05) is 19.6 Å². The highest BCUT2D eigenvalue weighted by Gasteiger charge is 2.23. The lowest BCUT2D eigenvalue weighted by molar-refractivity contribution is -0.136. The van der Waals surface area contributed by atoms with E-state index < -0.39 is 0 Å². The highest BCUT2D eigenvalue weighted by Crippen LogP contribution is 2.05. The molecule has 0 radical (unpaired) electrons. The number of rotatable bonds is 1. The van der Waals surface area contributed by atoms with Crippen LogP contribution in [0, 0.1) is 12.5 Å². The minimum absolute atomic E-state index is 0.134. The Morgan fingerprint density at radius 2 is 2.17 bits per heavy atom. The minimum Gasteiger partial charge on any atom is -0.337 e. The van der Waals surface area contributed by atoms with Crippen LogP contribution >= 0.6 is 0 Å². The number of carbonyl (C=O) groups is 1. The topological polar surface area (TPSA) is 23.6 Å². The molecule has 1 fully saturated rings. The molecule has 1 aliphatic rings. The van der Waals surface area contributed by atoms with Gasteiger partial charge in [-0.05, 0) is 13.8 Å². The zero-order chi connectivity index (χ0) is 9.14. The Labute approximate surface area is 73.3 Å². The summed E-state index contributed by atoms with van der Waals surface area (Å²) in [6, 6.07) is 2.77. The van der Waals surface area contributed by atoms with Gasteiger partial charge in [-0.15, -0.1) is 0 Å². The third kappa shape index (κ3) is 1.70. The number of terminal acetylenes is 1. The number of carbonyl (C=O) groups excluding carboxylic acids is 1. The highest BCUT2D eigenvalue weighted by atomic mass is 16.2. The molecule has 0 aromatic rings. The molecular formula is C9H14N2O. The number of amides is 1. The largest absolute Gasteiger partial charge is 0.337 e. The van der Waals surface area contributed by atoms with Gasteiger partial charge in [-0.2, -0.15) is 0 Å². The lowest BCUT2D eigenvalue weighted by Crippen LogP contribution is -2.51. The molecule has 0 aromatic heterocycles. The van der Waals surface area contributed by atoms with Crippen molar-refractivity contribution in [3.05, 3.63) is 0 Å². The Morgan fingerprint density at radius 3 is 2.58 bits per heavy atom. The lowest BCUT2D eigenvalue weighted by atomic mass is 10.2. The maximum atomic E-state index is 11.4. The molecule has 3 nitrogen and oxygen atoms in total. The quantitative estimate of drug-likeness (QED) is 0.517. The Kier molecular flexibility index (Phi) is 2.59. The number of nitrogens with zero attached hydrogens (tertiary/aromatic N) is 2. The Balaban J connectivity index is 2.55. The van der Waals surface area contributed by atoms with Gasteiger partial charge in [0.15, 0.2) is 0 Å². The smallest absolute Gasteiger partial charge is 0.243 e. The minimum atomic E-state index is 0.134. The normalized spacial score (nSPS) is 18.3. The second-order valence-corrected chi connectivity index (χ2v) is 3.23. The van der Waals surface area contributed by atoms with Crippen LogP contribution in [0.4, 0.5) is 0 Å². The van der Waals surface area contributed by atoms with Crippen LogP contribution in [0.2, 0.25) is 0 Å². The maximum absolute atomic E-state index is 11.4. The first-order valence-electron chi connectivity index (χ1n) is 4.16. The second kappa shape index (κ2) is 3.48. The molecule has 66 valence electrons. The standard InChI is InChI=1S/C9H14N2O/c1-4-10-5-6-11(8(2)3)9(12)7-10/h1,8H,5-7H2,2-3H3. The molecule has 0 atom stereocenters. The molecule has 12 heavy (non-hydrogen) atoms. The predicted octanol–water partition coefficient (Wildman–Crippen LogP) is 0.130. The van der Waals surface area contributed by atoms with Gasteiger partial charge in [0.25, 0.3) is 0 Å². The molecule has 0 N–H and O–H groups in total. The second-order valence-electron chi connectivity index (χ2n) is 3.23. The molecular weight excluding hydrogens is 152 g/mol. The fraction of sp³-hybridized carbons (Fsp3) is 0.667. The maximum Gasteiger partial charge on any atom is 0.243 e. The summed E-state index contributed by atoms with van der Waals surface area (Å²) in [6.07, 6.45) is 5.19. The van der Waals surface area contributed by atoms with E-state index in [-0.39, 0.29) is 11.9 Å². The first-order chi connectivity index (χ1) is 5.65. The SMILES string of the molecule is C#CN1CCN(C(C)C)C(=O)C1. The fourth-order valence-corrected chi connectivity index (χ4v) is 1.34. The van der Waals surface area contributed by atoms with Crippen molar-refractivity contribution in [2.24, 2.45) is 0 Å². The average Bonchev–Trinajstić information content (AvgIpc) is 2.03. The molecule has 1 saturated heterocycles. The predicted molar refractivity (Wildman–Crippen MR) is 47.3 cm³/mol. The summed E-state index contributed by atoms with van der Waals surface area (Å²) in [4.78, 5) is 15.0. The average molecular weight is 166 g/mol. The fourth-order valence-electron chi connectivity index (χ4n) is 1.34. The van der Waals surface area contributed by atoms with Crippen molar-refractivity contribution in [1.29, 1.82) is 0 Å². The van der Waals surface area contributed by atoms with E-state index in [4.69, 9.17) is 6.42 Å². The van der Waals surface area contributed by atoms with Crippen LogP contribution in [-0.2, 0) is 4.79 Å². The monoisotopic (exact) mass is 166 g/mol. The summed E-state index contributed by atoms with van der Waals surface area (Å²) >= 11 is 0. The molecule has 1 heterocycles. The van der Waals surface area contributed by atoms with Gasteiger partial charge in [-0.1, -0.05) is 6.42 Å². The van der Waals surface area contributed by atoms with Crippen LogP contribution in [0.25, 0.3) is 0 Å². The Morgan fingerprint density at radius 1 is 1.50 bits per heavy atom. The molecule has 0 bridgehead atoms. The third-order valence-corrected chi connectivity index (χ3v) is 2.06. The van der Waals surface area contributed by atoms with Crippen molar-refractivity contribution >= 4 is 5.91 Å². The van der Waals surface area contributed by atoms with E-state index in [1.54, 1.807) is 4.90 Å². The van der Waals surface area contributed by atoms with Crippen molar-refractivity contribution in [1.82, 2.24) is 9.80 Å². The zero-order valence-electron chi connectivity index (χ0n) is 7.58. The highest BCUT2D eigenvalue weighted by molar-refractivity contribution is 5.79. The first kappa shape index (κ1) is 8.92. The summed E-state index contributed by atoms with van der Waals surface area (Å²) < 4.78 is 0. The van der Waals surface area contributed by atoms with Gasteiger partial charge >= 0.3 is 0 Å². The van der Waals surface area contributed by atoms with Crippen LogP contribution in [0.3, 0.4) is 0 Å². The summed E-state index contributed by atoms with van der Waals surface area (Å²) in [5, 5.41) is 0. The summed E-state index contributed by atoms with van der Waals surface area (Å²) in [5.41, 5.74) is 0.